The second kappa shape index (κ2) is 9.47. The highest BCUT2D eigenvalue weighted by Crippen LogP contribution is 2.03. The summed E-state index contributed by atoms with van der Waals surface area (Å²) in [6.45, 7) is 0.448. The Hall–Kier alpha value is -0.750. The van der Waals surface area contributed by atoms with E-state index in [4.69, 9.17) is 9.84 Å². The van der Waals surface area contributed by atoms with Crippen molar-refractivity contribution in [2.24, 2.45) is 0 Å². The van der Waals surface area contributed by atoms with Crippen molar-refractivity contribution in [1.29, 1.82) is 0 Å². The van der Waals surface area contributed by atoms with E-state index >= 15 is 0 Å². The average molecular weight is 249 g/mol. The van der Waals surface area contributed by atoms with Crippen LogP contribution in [-0.4, -0.2) is 60.7 Å². The predicted octanol–water partition coefficient (Wildman–Crippen LogP) is 0.689. The summed E-state index contributed by atoms with van der Waals surface area (Å²) in [5.41, 5.74) is 0. The summed E-state index contributed by atoms with van der Waals surface area (Å²) in [6, 6.07) is 0. The molecule has 0 aromatic rings. The normalized spacial score (nSPS) is 10.1. The lowest BCUT2D eigenvalue weighted by Crippen LogP contribution is -2.37. The van der Waals surface area contributed by atoms with Crippen LogP contribution in [0.1, 0.15) is 12.8 Å². The number of hydrogen-bond acceptors (Lipinski definition) is 4. The zero-order chi connectivity index (χ0) is 12.4. The van der Waals surface area contributed by atoms with Crippen LogP contribution in [0.3, 0.4) is 0 Å². The van der Waals surface area contributed by atoms with Crippen molar-refractivity contribution < 1.29 is 19.4 Å². The Morgan fingerprint density at radius 2 is 2.12 bits per heavy atom. The van der Waals surface area contributed by atoms with Crippen LogP contribution in [0.5, 0.6) is 0 Å². The van der Waals surface area contributed by atoms with Crippen molar-refractivity contribution in [2.45, 2.75) is 12.8 Å². The first kappa shape index (κ1) is 15.2. The van der Waals surface area contributed by atoms with E-state index in [9.17, 15) is 9.59 Å². The molecule has 1 amide bonds. The molecule has 94 valence electrons. The lowest BCUT2D eigenvalue weighted by atomic mass is 10.3. The van der Waals surface area contributed by atoms with E-state index in [1.807, 2.05) is 6.26 Å². The molecule has 0 spiro atoms. The van der Waals surface area contributed by atoms with Crippen LogP contribution in [0.25, 0.3) is 0 Å². The zero-order valence-corrected chi connectivity index (χ0v) is 10.6. The molecule has 0 atom stereocenters. The fourth-order valence-corrected chi connectivity index (χ4v) is 1.62. The van der Waals surface area contributed by atoms with Crippen LogP contribution in [-0.2, 0) is 14.3 Å². The Kier molecular flexibility index (Phi) is 9.03. The molecule has 0 fully saturated rings. The quantitative estimate of drug-likeness (QED) is 0.609. The molecule has 0 bridgehead atoms. The van der Waals surface area contributed by atoms with E-state index in [0.29, 0.717) is 19.6 Å². The molecule has 0 aliphatic heterocycles. The summed E-state index contributed by atoms with van der Waals surface area (Å²) in [5, 5.41) is 8.66. The Balaban J connectivity index is 4.04. The Morgan fingerprint density at radius 3 is 2.62 bits per heavy atom. The van der Waals surface area contributed by atoms with E-state index in [1.165, 1.54) is 12.0 Å². The van der Waals surface area contributed by atoms with Crippen molar-refractivity contribution in [2.75, 3.05) is 38.8 Å². The van der Waals surface area contributed by atoms with Gasteiger partial charge in [-0.1, -0.05) is 0 Å². The summed E-state index contributed by atoms with van der Waals surface area (Å²) < 4.78 is 4.84. The fourth-order valence-electron chi connectivity index (χ4n) is 1.18. The highest BCUT2D eigenvalue weighted by Gasteiger charge is 2.15. The van der Waals surface area contributed by atoms with Gasteiger partial charge in [0.1, 0.15) is 6.54 Å². The van der Waals surface area contributed by atoms with Gasteiger partial charge in [0.25, 0.3) is 0 Å². The minimum atomic E-state index is -0.991. The molecule has 0 aliphatic rings. The lowest BCUT2D eigenvalue weighted by Gasteiger charge is -2.20. The molecule has 0 radical (unpaired) electrons. The van der Waals surface area contributed by atoms with Crippen LogP contribution in [0.15, 0.2) is 0 Å². The van der Waals surface area contributed by atoms with Crippen LogP contribution < -0.4 is 0 Å². The third-order valence-corrected chi connectivity index (χ3v) is 2.68. The molecule has 1 N–H and O–H groups in total. The topological polar surface area (TPSA) is 66.8 Å². The van der Waals surface area contributed by atoms with Crippen LogP contribution in [0, 0.1) is 0 Å². The predicted molar refractivity (Wildman–Crippen MR) is 63.7 cm³/mol. The van der Waals surface area contributed by atoms with Gasteiger partial charge in [0.2, 0.25) is 5.91 Å². The Labute approximate surface area is 100 Å². The molecule has 0 aromatic carbocycles. The van der Waals surface area contributed by atoms with Gasteiger partial charge >= 0.3 is 5.97 Å². The zero-order valence-electron chi connectivity index (χ0n) is 9.77. The van der Waals surface area contributed by atoms with Gasteiger partial charge in [0.15, 0.2) is 0 Å². The molecule has 0 rings (SSSR count). The number of hydrogen-bond donors (Lipinski definition) is 1. The highest BCUT2D eigenvalue weighted by atomic mass is 32.2. The van der Waals surface area contributed by atoms with Crippen molar-refractivity contribution >= 4 is 23.6 Å². The van der Waals surface area contributed by atoms with E-state index in [2.05, 4.69) is 0 Å². The minimum Gasteiger partial charge on any atom is -0.480 e. The van der Waals surface area contributed by atoms with Crippen LogP contribution in [0.4, 0.5) is 0 Å². The van der Waals surface area contributed by atoms with Gasteiger partial charge in [-0.25, -0.2) is 0 Å². The second-order valence-electron chi connectivity index (χ2n) is 3.30. The molecule has 0 saturated carbocycles. The smallest absolute Gasteiger partial charge is 0.323 e. The number of ether oxygens (including phenoxy) is 1. The number of thioether (sulfide) groups is 1. The maximum Gasteiger partial charge on any atom is 0.323 e. The Bertz CT molecular complexity index is 223. The summed E-state index contributed by atoms with van der Waals surface area (Å²) in [7, 11) is 1.52. The largest absolute Gasteiger partial charge is 0.480 e. The summed E-state index contributed by atoms with van der Waals surface area (Å²) in [6.07, 6.45) is 3.16. The summed E-state index contributed by atoms with van der Waals surface area (Å²) in [5.74, 6) is -0.195. The minimum absolute atomic E-state index is 0.117. The highest BCUT2D eigenvalue weighted by molar-refractivity contribution is 7.98. The number of carboxylic acids is 1. The standard InChI is InChI=1S/C10H19NO4S/c1-15-6-5-11(8-10(13)14)9(12)4-3-7-16-2/h3-8H2,1-2H3,(H,13,14). The second-order valence-corrected chi connectivity index (χ2v) is 4.28. The maximum atomic E-state index is 11.7. The molecule has 16 heavy (non-hydrogen) atoms. The van der Waals surface area contributed by atoms with Gasteiger partial charge < -0.3 is 14.7 Å². The molecule has 6 heteroatoms. The number of methoxy groups -OCH3 is 1. The number of carbonyl (C=O) groups is 2. The molecular formula is C10H19NO4S. The van der Waals surface area contributed by atoms with Gasteiger partial charge in [0.05, 0.1) is 6.61 Å². The SMILES string of the molecule is COCCN(CC(=O)O)C(=O)CCCSC. The monoisotopic (exact) mass is 249 g/mol. The van der Waals surface area contributed by atoms with E-state index in [0.717, 1.165) is 12.2 Å². The summed E-state index contributed by atoms with van der Waals surface area (Å²) in [4.78, 5) is 23.6. The van der Waals surface area contributed by atoms with E-state index in [-0.39, 0.29) is 12.5 Å². The molecule has 0 aromatic heterocycles. The third-order valence-electron chi connectivity index (χ3n) is 1.98. The number of amides is 1. The average Bonchev–Trinajstić information content (AvgIpc) is 2.23. The lowest BCUT2D eigenvalue weighted by molar-refractivity contribution is -0.144. The first-order valence-electron chi connectivity index (χ1n) is 5.09. The molecule has 5 nitrogen and oxygen atoms in total. The number of carbonyl (C=O) groups excluding carboxylic acids is 1. The van der Waals surface area contributed by atoms with Gasteiger partial charge in [-0.2, -0.15) is 11.8 Å². The fraction of sp³-hybridized carbons (Fsp3) is 0.800. The molecule has 0 aliphatic carbocycles. The first-order valence-corrected chi connectivity index (χ1v) is 6.48. The molecular weight excluding hydrogens is 230 g/mol. The van der Waals surface area contributed by atoms with E-state index < -0.39 is 5.97 Å². The van der Waals surface area contributed by atoms with Gasteiger partial charge in [-0.3, -0.25) is 9.59 Å². The van der Waals surface area contributed by atoms with Crippen molar-refractivity contribution in [1.82, 2.24) is 4.90 Å². The van der Waals surface area contributed by atoms with Gasteiger partial charge in [-0.05, 0) is 18.4 Å². The van der Waals surface area contributed by atoms with Crippen molar-refractivity contribution in [3.8, 4) is 0 Å². The molecule has 0 unspecified atom stereocenters. The van der Waals surface area contributed by atoms with Crippen molar-refractivity contribution in [3.05, 3.63) is 0 Å². The number of rotatable bonds is 9. The van der Waals surface area contributed by atoms with E-state index in [1.54, 1.807) is 11.8 Å². The van der Waals surface area contributed by atoms with Crippen molar-refractivity contribution in [3.63, 3.8) is 0 Å². The Morgan fingerprint density at radius 1 is 1.44 bits per heavy atom. The number of carboxylic acid groups (broad SMARTS) is 1. The van der Waals surface area contributed by atoms with Gasteiger partial charge in [-0.15, -0.1) is 0 Å². The van der Waals surface area contributed by atoms with Crippen LogP contribution >= 0.6 is 11.8 Å². The molecule has 0 heterocycles. The first-order chi connectivity index (χ1) is 7.61. The van der Waals surface area contributed by atoms with Gasteiger partial charge in [0, 0.05) is 20.1 Å². The number of aliphatic carboxylic acids is 1. The van der Waals surface area contributed by atoms with Crippen LogP contribution in [0.2, 0.25) is 0 Å². The molecule has 0 saturated heterocycles. The third kappa shape index (κ3) is 7.53. The summed E-state index contributed by atoms with van der Waals surface area (Å²) >= 11 is 1.68. The number of nitrogens with zero attached hydrogens (tertiary/aromatic N) is 1. The maximum absolute atomic E-state index is 11.7.